The van der Waals surface area contributed by atoms with Crippen molar-refractivity contribution in [2.45, 2.75) is 57.8 Å². The molecule has 1 aliphatic rings. The molecular formula is C48H57N6O6P3. The van der Waals surface area contributed by atoms with Crippen molar-refractivity contribution >= 4 is 24.6 Å². The van der Waals surface area contributed by atoms with Crippen molar-refractivity contribution in [2.24, 2.45) is 21.7 Å². The summed E-state index contributed by atoms with van der Waals surface area (Å²) in [7, 11) is -7.51. The van der Waals surface area contributed by atoms with Gasteiger partial charge in [0.15, 0.2) is 0 Å². The Kier molecular flexibility index (Phi) is 16.8. The van der Waals surface area contributed by atoms with Crippen molar-refractivity contribution in [1.82, 2.24) is 9.21 Å². The van der Waals surface area contributed by atoms with Crippen LogP contribution < -0.4 is 45.0 Å². The molecule has 1 heterocycles. The summed E-state index contributed by atoms with van der Waals surface area (Å²) in [5, 5.41) is 0. The number of para-hydroxylation sites is 6. The molecule has 0 aromatic heterocycles. The first kappa shape index (κ1) is 45.9. The molecule has 6 aromatic carbocycles. The number of hydrogen-bond acceptors (Lipinski definition) is 12. The molecule has 1 aliphatic heterocycles. The predicted octanol–water partition coefficient (Wildman–Crippen LogP) is 12.2. The molecule has 1 atom stereocenters. The van der Waals surface area contributed by atoms with Crippen LogP contribution in [0.4, 0.5) is 0 Å². The normalized spacial score (nSPS) is 16.6. The van der Waals surface area contributed by atoms with Gasteiger partial charge in [0.25, 0.3) is 0 Å². The van der Waals surface area contributed by atoms with Crippen molar-refractivity contribution in [3.63, 3.8) is 0 Å². The molecular weight excluding hydrogens is 849 g/mol. The van der Waals surface area contributed by atoms with E-state index in [0.29, 0.717) is 73.4 Å². The molecule has 0 amide bonds. The fourth-order valence-electron chi connectivity index (χ4n) is 6.81. The number of rotatable bonds is 24. The van der Waals surface area contributed by atoms with Crippen molar-refractivity contribution in [2.75, 3.05) is 19.6 Å². The molecule has 0 spiro atoms. The summed E-state index contributed by atoms with van der Waals surface area (Å²) in [6, 6.07) is 52.3. The van der Waals surface area contributed by atoms with Gasteiger partial charge in [-0.3, -0.25) is 0 Å². The summed E-state index contributed by atoms with van der Waals surface area (Å²) in [6.45, 7) is 1.71. The van der Waals surface area contributed by atoms with E-state index in [2.05, 4.69) is 18.2 Å². The summed E-state index contributed by atoms with van der Waals surface area (Å²) in [6.07, 6.45) is 7.07. The first-order valence-electron chi connectivity index (χ1n) is 21.5. The van der Waals surface area contributed by atoms with E-state index < -0.39 is 16.0 Å². The quantitative estimate of drug-likeness (QED) is 0.0393. The molecule has 1 unspecified atom stereocenters. The topological polar surface area (TPSA) is 152 Å². The second-order valence-corrected chi connectivity index (χ2v) is 20.6. The fourth-order valence-corrected chi connectivity index (χ4v) is 14.6. The maximum absolute atomic E-state index is 7.71. The summed E-state index contributed by atoms with van der Waals surface area (Å²) >= 11 is 0. The van der Waals surface area contributed by atoms with E-state index in [1.807, 2.05) is 146 Å². The Morgan fingerprint density at radius 1 is 0.444 bits per heavy atom. The first-order valence-corrected chi connectivity index (χ1v) is 25.4. The Hall–Kier alpha value is -5.12. The van der Waals surface area contributed by atoms with E-state index in [1.54, 1.807) is 9.21 Å². The van der Waals surface area contributed by atoms with Crippen molar-refractivity contribution in [1.29, 1.82) is 0 Å². The van der Waals surface area contributed by atoms with Gasteiger partial charge in [-0.2, -0.15) is 0 Å². The molecule has 330 valence electrons. The van der Waals surface area contributed by atoms with Gasteiger partial charge in [-0.25, -0.2) is 0 Å². The number of nitrogens with two attached hydrogens (primary N) is 3. The van der Waals surface area contributed by atoms with Crippen LogP contribution in [-0.4, -0.2) is 28.8 Å². The molecule has 0 saturated heterocycles. The molecule has 6 aromatic rings. The molecule has 63 heavy (non-hydrogen) atoms. The van der Waals surface area contributed by atoms with Crippen LogP contribution in [0.5, 0.6) is 34.5 Å². The van der Waals surface area contributed by atoms with E-state index in [-0.39, 0.29) is 8.52 Å². The molecule has 0 saturated carbocycles. The molecule has 15 heteroatoms. The maximum atomic E-state index is 7.71. The summed E-state index contributed by atoms with van der Waals surface area (Å²) in [4.78, 5) is 13.9. The molecule has 0 bridgehead atoms. The zero-order chi connectivity index (χ0) is 43.6. The van der Waals surface area contributed by atoms with E-state index in [0.717, 1.165) is 55.2 Å². The third kappa shape index (κ3) is 11.9. The zero-order valence-corrected chi connectivity index (χ0v) is 38.1. The minimum absolute atomic E-state index is 0.258. The standard InChI is InChI=1S/C48H57N6O6P3/c49-37-19-16-25-40-22-10-13-34-46(40)58-63(59-47-35-14-11-23-41(47)26-17-20-38-50,60-48-36-15-12-24-42(48)27-18-21-39-51)52-61-53(55-43-28-4-1-5-29-43)62(57-45-32-8-3-9-33-45)54(63)56-44-30-6-2-7-31-44/h1-15,22-24,28-36H,16-21,25-27,37-39,49-51H2. The Morgan fingerprint density at radius 3 is 1.22 bits per heavy atom. The van der Waals surface area contributed by atoms with Gasteiger partial charge in [-0.15, -0.1) is 0 Å². The van der Waals surface area contributed by atoms with Gasteiger partial charge < -0.3 is 0 Å². The predicted molar refractivity (Wildman–Crippen MR) is 255 cm³/mol. The van der Waals surface area contributed by atoms with Crippen molar-refractivity contribution in [3.05, 3.63) is 180 Å². The van der Waals surface area contributed by atoms with Crippen LogP contribution in [0.3, 0.4) is 0 Å². The molecule has 0 fully saturated rings. The van der Waals surface area contributed by atoms with Crippen LogP contribution in [0.25, 0.3) is 0 Å². The Labute approximate surface area is 374 Å². The molecule has 0 aliphatic carbocycles. The third-order valence-electron chi connectivity index (χ3n) is 10.0. The Balaban J connectivity index is 1.55. The van der Waals surface area contributed by atoms with Gasteiger partial charge in [-0.05, 0) is 0 Å². The molecule has 0 radical (unpaired) electrons. The van der Waals surface area contributed by atoms with Crippen LogP contribution in [0.2, 0.25) is 0 Å². The van der Waals surface area contributed by atoms with Crippen molar-refractivity contribution < 1.29 is 27.8 Å². The van der Waals surface area contributed by atoms with Gasteiger partial charge in [0.2, 0.25) is 0 Å². The van der Waals surface area contributed by atoms with Crippen LogP contribution in [0.1, 0.15) is 55.2 Å². The number of nitrogens with zero attached hydrogens (tertiary/aromatic N) is 3. The summed E-state index contributed by atoms with van der Waals surface area (Å²) < 4.78 is 39.0. The molecule has 6 N–H and O–H groups in total. The number of aryl methyl sites for hydroxylation is 3. The summed E-state index contributed by atoms with van der Waals surface area (Å²) in [5.41, 5.74) is 20.8. The van der Waals surface area contributed by atoms with E-state index in [9.17, 15) is 0 Å². The van der Waals surface area contributed by atoms with Crippen LogP contribution in [0, 0.1) is 0 Å². The average Bonchev–Trinajstić information content (AvgIpc) is 3.32. The van der Waals surface area contributed by atoms with Crippen molar-refractivity contribution in [3.8, 4) is 34.5 Å². The Bertz CT molecular complexity index is 2200. The minimum atomic E-state index is -5.50. The zero-order valence-electron chi connectivity index (χ0n) is 35.4. The fraction of sp³-hybridized carbons (Fsp3) is 0.250. The van der Waals surface area contributed by atoms with Gasteiger partial charge in [0.1, 0.15) is 0 Å². The van der Waals surface area contributed by atoms with E-state index in [1.165, 1.54) is 0 Å². The molecule has 7 rings (SSSR count). The molecule has 12 nitrogen and oxygen atoms in total. The average molecular weight is 907 g/mol. The van der Waals surface area contributed by atoms with E-state index >= 15 is 0 Å². The Morgan fingerprint density at radius 2 is 0.810 bits per heavy atom. The number of hydrogen-bond donors (Lipinski definition) is 3. The van der Waals surface area contributed by atoms with Gasteiger partial charge in [0.05, 0.1) is 0 Å². The van der Waals surface area contributed by atoms with Gasteiger partial charge in [-0.1, -0.05) is 0 Å². The SMILES string of the molecule is NCCCCc1ccccc1OP1(Oc2ccccc2CCCCN)(Oc2ccccc2CCCCN)N=PN(Oc2ccccc2)P(Oc2ccccc2)N1Oc1ccccc1. The van der Waals surface area contributed by atoms with Crippen LogP contribution in [-0.2, 0) is 19.3 Å². The third-order valence-corrected chi connectivity index (χ3v) is 17.1. The van der Waals surface area contributed by atoms with Crippen LogP contribution in [0.15, 0.2) is 168 Å². The van der Waals surface area contributed by atoms with Gasteiger partial charge >= 0.3 is 376 Å². The van der Waals surface area contributed by atoms with E-state index in [4.69, 9.17) is 49.5 Å². The van der Waals surface area contributed by atoms with Gasteiger partial charge in [0, 0.05) is 0 Å². The summed E-state index contributed by atoms with van der Waals surface area (Å²) in [5.74, 6) is 3.12. The first-order chi connectivity index (χ1) is 31.0. The second kappa shape index (κ2) is 23.0. The second-order valence-electron chi connectivity index (χ2n) is 14.8. The van der Waals surface area contributed by atoms with Crippen LogP contribution >= 0.6 is 24.6 Å². The number of benzene rings is 6. The number of unbranched alkanes of at least 4 members (excludes halogenated alkanes) is 3. The monoisotopic (exact) mass is 906 g/mol.